The Balaban J connectivity index is 1.72. The molecule has 0 saturated heterocycles. The zero-order valence-corrected chi connectivity index (χ0v) is 16.1. The van der Waals surface area contributed by atoms with Crippen molar-refractivity contribution >= 4 is 44.2 Å². The van der Waals surface area contributed by atoms with Gasteiger partial charge in [0.2, 0.25) is 0 Å². The summed E-state index contributed by atoms with van der Waals surface area (Å²) in [4.78, 5) is 46.0. The Bertz CT molecular complexity index is 1280. The topological polar surface area (TPSA) is 94.0 Å². The van der Waals surface area contributed by atoms with Gasteiger partial charge in [-0.1, -0.05) is 18.2 Å². The maximum absolute atomic E-state index is 12.9. The summed E-state index contributed by atoms with van der Waals surface area (Å²) >= 11 is 1.12. The number of esters is 1. The number of ketones is 1. The number of thiophene rings is 1. The molecule has 0 unspecified atom stereocenters. The van der Waals surface area contributed by atoms with Crippen LogP contribution >= 0.6 is 11.3 Å². The average molecular weight is 395 g/mol. The number of nitrogens with zero attached hydrogens (tertiary/aromatic N) is 2. The number of ether oxygens (including phenoxy) is 1. The predicted octanol–water partition coefficient (Wildman–Crippen LogP) is 3.31. The molecule has 0 spiro atoms. The summed E-state index contributed by atoms with van der Waals surface area (Å²) in [6, 6.07) is 7.49. The van der Waals surface area contributed by atoms with Gasteiger partial charge in [0.15, 0.2) is 5.78 Å². The number of hydrogen-bond acceptors (Lipinski definition) is 6. The van der Waals surface area contributed by atoms with Gasteiger partial charge in [-0.15, -0.1) is 11.3 Å². The van der Waals surface area contributed by atoms with Crippen LogP contribution < -0.4 is 5.56 Å². The molecule has 7 nitrogen and oxygen atoms in total. The second-order valence-corrected chi connectivity index (χ2v) is 7.30. The summed E-state index contributed by atoms with van der Waals surface area (Å²) in [5, 5.41) is 1.16. The third-order valence-electron chi connectivity index (χ3n) is 4.58. The molecule has 4 rings (SSSR count). The van der Waals surface area contributed by atoms with E-state index in [0.717, 1.165) is 22.2 Å². The summed E-state index contributed by atoms with van der Waals surface area (Å²) < 4.78 is 6.32. The standard InChI is InChI=1S/C20H17N3O4S/c1-3-27-20(26)17-11(2)16-18(28-17)22-10-23(19(16)25)9-15(24)13-8-21-14-7-5-4-6-12(13)14/h4-8,10,21H,3,9H2,1-2H3. The van der Waals surface area contributed by atoms with E-state index in [9.17, 15) is 14.4 Å². The highest BCUT2D eigenvalue weighted by molar-refractivity contribution is 7.20. The number of nitrogens with one attached hydrogen (secondary N) is 1. The number of aromatic nitrogens is 3. The number of fused-ring (bicyclic) bond motifs is 2. The number of Topliss-reactive ketones (excluding diaryl/α,β-unsaturated/α-hetero) is 1. The first kappa shape index (κ1) is 18.1. The number of aromatic amines is 1. The third kappa shape index (κ3) is 2.91. The lowest BCUT2D eigenvalue weighted by atomic mass is 10.1. The maximum atomic E-state index is 12.9. The molecule has 0 radical (unpaired) electrons. The van der Waals surface area contributed by atoms with Gasteiger partial charge in [0.25, 0.3) is 5.56 Å². The van der Waals surface area contributed by atoms with E-state index >= 15 is 0 Å². The van der Waals surface area contributed by atoms with E-state index in [1.165, 1.54) is 10.9 Å². The molecule has 8 heteroatoms. The Morgan fingerprint density at radius 2 is 2.07 bits per heavy atom. The lowest BCUT2D eigenvalue weighted by Crippen LogP contribution is -2.24. The van der Waals surface area contributed by atoms with E-state index in [0.29, 0.717) is 26.2 Å². The Hall–Kier alpha value is -3.26. The number of hydrogen-bond donors (Lipinski definition) is 1. The van der Waals surface area contributed by atoms with Gasteiger partial charge in [-0.2, -0.15) is 0 Å². The van der Waals surface area contributed by atoms with E-state index in [1.807, 2.05) is 24.3 Å². The first-order chi connectivity index (χ1) is 13.5. The van der Waals surface area contributed by atoms with Crippen molar-refractivity contribution < 1.29 is 14.3 Å². The molecule has 0 aliphatic rings. The van der Waals surface area contributed by atoms with Crippen molar-refractivity contribution in [2.45, 2.75) is 20.4 Å². The molecule has 0 bridgehead atoms. The van der Waals surface area contributed by atoms with Crippen molar-refractivity contribution in [2.75, 3.05) is 6.61 Å². The van der Waals surface area contributed by atoms with Crippen molar-refractivity contribution in [1.82, 2.24) is 14.5 Å². The number of para-hydroxylation sites is 1. The van der Waals surface area contributed by atoms with Gasteiger partial charge < -0.3 is 9.72 Å². The highest BCUT2D eigenvalue weighted by atomic mass is 32.1. The number of aryl methyl sites for hydroxylation is 1. The molecule has 0 atom stereocenters. The number of H-pyrrole nitrogens is 1. The highest BCUT2D eigenvalue weighted by Crippen LogP contribution is 2.27. The van der Waals surface area contributed by atoms with Crippen molar-refractivity contribution in [3.63, 3.8) is 0 Å². The van der Waals surface area contributed by atoms with Crippen LogP contribution in [0.3, 0.4) is 0 Å². The van der Waals surface area contributed by atoms with Crippen molar-refractivity contribution in [3.05, 3.63) is 63.1 Å². The van der Waals surface area contributed by atoms with Gasteiger partial charge >= 0.3 is 5.97 Å². The minimum Gasteiger partial charge on any atom is -0.462 e. The van der Waals surface area contributed by atoms with E-state index < -0.39 is 5.97 Å². The van der Waals surface area contributed by atoms with Crippen LogP contribution in [0.5, 0.6) is 0 Å². The monoisotopic (exact) mass is 395 g/mol. The van der Waals surface area contributed by atoms with Crippen LogP contribution in [0.2, 0.25) is 0 Å². The third-order valence-corrected chi connectivity index (χ3v) is 5.76. The second kappa shape index (κ2) is 7.05. The van der Waals surface area contributed by atoms with E-state index in [1.54, 1.807) is 20.0 Å². The molecule has 4 aromatic rings. The molecule has 0 aliphatic heterocycles. The molecule has 3 heterocycles. The van der Waals surface area contributed by atoms with Crippen molar-refractivity contribution in [2.24, 2.45) is 0 Å². The van der Waals surface area contributed by atoms with E-state index in [2.05, 4.69) is 9.97 Å². The van der Waals surface area contributed by atoms with Gasteiger partial charge in [0.1, 0.15) is 9.71 Å². The fourth-order valence-corrected chi connectivity index (χ4v) is 4.24. The lowest BCUT2D eigenvalue weighted by molar-refractivity contribution is 0.0531. The summed E-state index contributed by atoms with van der Waals surface area (Å²) in [6.07, 6.45) is 3.00. The quantitative estimate of drug-likeness (QED) is 0.413. The van der Waals surface area contributed by atoms with Crippen LogP contribution in [-0.2, 0) is 11.3 Å². The molecule has 142 valence electrons. The zero-order chi connectivity index (χ0) is 19.8. The van der Waals surface area contributed by atoms with Crippen LogP contribution in [0.15, 0.2) is 41.6 Å². The van der Waals surface area contributed by atoms with Gasteiger partial charge in [-0.3, -0.25) is 14.2 Å². The average Bonchev–Trinajstić information content (AvgIpc) is 3.26. The van der Waals surface area contributed by atoms with Gasteiger partial charge in [-0.05, 0) is 25.5 Å². The summed E-state index contributed by atoms with van der Waals surface area (Å²) in [6.45, 7) is 3.54. The predicted molar refractivity (Wildman–Crippen MR) is 107 cm³/mol. The molecule has 0 amide bonds. The molecule has 0 fully saturated rings. The molecule has 0 saturated carbocycles. The normalized spacial score (nSPS) is 11.2. The fourth-order valence-electron chi connectivity index (χ4n) is 3.21. The Kier molecular flexibility index (Phi) is 4.56. The molecule has 0 aliphatic carbocycles. The minimum absolute atomic E-state index is 0.131. The van der Waals surface area contributed by atoms with E-state index in [-0.39, 0.29) is 24.5 Å². The van der Waals surface area contributed by atoms with Crippen molar-refractivity contribution in [1.29, 1.82) is 0 Å². The number of carbonyl (C=O) groups is 2. The van der Waals surface area contributed by atoms with E-state index in [4.69, 9.17) is 4.74 Å². The maximum Gasteiger partial charge on any atom is 0.348 e. The first-order valence-electron chi connectivity index (χ1n) is 8.76. The summed E-state index contributed by atoms with van der Waals surface area (Å²) in [5.41, 5.74) is 1.57. The van der Waals surface area contributed by atoms with Gasteiger partial charge in [0, 0.05) is 22.7 Å². The summed E-state index contributed by atoms with van der Waals surface area (Å²) in [7, 11) is 0. The number of carbonyl (C=O) groups excluding carboxylic acids is 2. The SMILES string of the molecule is CCOC(=O)c1sc2ncn(CC(=O)c3c[nH]c4ccccc34)c(=O)c2c1C. The fraction of sp³-hybridized carbons (Fsp3) is 0.200. The molecular weight excluding hydrogens is 378 g/mol. The molecule has 3 aromatic heterocycles. The highest BCUT2D eigenvalue weighted by Gasteiger charge is 2.21. The van der Waals surface area contributed by atoms with Crippen LogP contribution in [0.1, 0.15) is 32.5 Å². The first-order valence-corrected chi connectivity index (χ1v) is 9.58. The molecular formula is C20H17N3O4S. The minimum atomic E-state index is -0.469. The van der Waals surface area contributed by atoms with Gasteiger partial charge in [-0.25, -0.2) is 9.78 Å². The zero-order valence-electron chi connectivity index (χ0n) is 15.3. The van der Waals surface area contributed by atoms with Crippen molar-refractivity contribution in [3.8, 4) is 0 Å². The van der Waals surface area contributed by atoms with Gasteiger partial charge in [0.05, 0.1) is 24.9 Å². The second-order valence-electron chi connectivity index (χ2n) is 6.31. The van der Waals surface area contributed by atoms with Crippen LogP contribution in [-0.4, -0.2) is 32.9 Å². The smallest absolute Gasteiger partial charge is 0.348 e. The van der Waals surface area contributed by atoms with Crippen LogP contribution in [0.25, 0.3) is 21.1 Å². The Labute approximate surface area is 163 Å². The Morgan fingerprint density at radius 3 is 2.86 bits per heavy atom. The molecule has 1 aromatic carbocycles. The number of rotatable bonds is 5. The largest absolute Gasteiger partial charge is 0.462 e. The van der Waals surface area contributed by atoms with Crippen LogP contribution in [0, 0.1) is 6.92 Å². The van der Waals surface area contributed by atoms with Crippen LogP contribution in [0.4, 0.5) is 0 Å². The lowest BCUT2D eigenvalue weighted by Gasteiger charge is -2.04. The molecule has 1 N–H and O–H groups in total. The molecule has 28 heavy (non-hydrogen) atoms. The summed E-state index contributed by atoms with van der Waals surface area (Å²) in [5.74, 6) is -0.664. The number of benzene rings is 1. The Morgan fingerprint density at radius 1 is 1.29 bits per heavy atom.